The largest absolute Gasteiger partial charge is 0.479 e. The fourth-order valence-corrected chi connectivity index (χ4v) is 2.34. The number of nitrogens with zero attached hydrogens (tertiary/aromatic N) is 1. The van der Waals surface area contributed by atoms with E-state index in [1.807, 2.05) is 0 Å². The van der Waals surface area contributed by atoms with Crippen LogP contribution < -0.4 is 5.32 Å². The molecule has 0 saturated carbocycles. The van der Waals surface area contributed by atoms with Gasteiger partial charge in [-0.2, -0.15) is 4.31 Å². The van der Waals surface area contributed by atoms with E-state index < -0.39 is 34.0 Å². The summed E-state index contributed by atoms with van der Waals surface area (Å²) in [4.78, 5) is 23.6. The van der Waals surface area contributed by atoms with Crippen LogP contribution in [0.25, 0.3) is 0 Å². The molecule has 0 spiro atoms. The lowest BCUT2D eigenvalue weighted by molar-refractivity contribution is -0.147. The SMILES string of the molecule is CN(CC(=O)NC(C)(C(=O)O)c1ccc(Cl)c(Cl)c1)S(C)(=O)=O. The van der Waals surface area contributed by atoms with Crippen LogP contribution >= 0.6 is 23.2 Å². The van der Waals surface area contributed by atoms with Gasteiger partial charge in [0, 0.05) is 7.05 Å². The van der Waals surface area contributed by atoms with E-state index in [2.05, 4.69) is 5.32 Å². The van der Waals surface area contributed by atoms with Crippen molar-refractivity contribution < 1.29 is 23.1 Å². The summed E-state index contributed by atoms with van der Waals surface area (Å²) in [5.74, 6) is -2.10. The molecule has 0 fully saturated rings. The summed E-state index contributed by atoms with van der Waals surface area (Å²) in [5.41, 5.74) is -1.58. The molecule has 7 nitrogen and oxygen atoms in total. The minimum Gasteiger partial charge on any atom is -0.479 e. The second kappa shape index (κ2) is 7.04. The molecule has 0 radical (unpaired) electrons. The summed E-state index contributed by atoms with van der Waals surface area (Å²) in [6.45, 7) is 0.760. The van der Waals surface area contributed by atoms with Gasteiger partial charge in [-0.1, -0.05) is 29.3 Å². The van der Waals surface area contributed by atoms with Crippen molar-refractivity contribution in [1.82, 2.24) is 9.62 Å². The van der Waals surface area contributed by atoms with Crippen LogP contribution in [-0.4, -0.2) is 49.6 Å². The average Bonchev–Trinajstić information content (AvgIpc) is 2.40. The Morgan fingerprint density at radius 2 is 1.87 bits per heavy atom. The van der Waals surface area contributed by atoms with Crippen LogP contribution in [0.4, 0.5) is 0 Å². The summed E-state index contributed by atoms with van der Waals surface area (Å²) in [6.07, 6.45) is 0.940. The molecule has 1 atom stereocenters. The molecule has 10 heteroatoms. The number of amides is 1. The highest BCUT2D eigenvalue weighted by atomic mass is 35.5. The van der Waals surface area contributed by atoms with Gasteiger partial charge in [-0.15, -0.1) is 0 Å². The Bertz CT molecular complexity index is 738. The molecule has 0 aliphatic heterocycles. The molecule has 2 N–H and O–H groups in total. The third-order valence-electron chi connectivity index (χ3n) is 3.25. The molecule has 0 aliphatic carbocycles. The molecule has 0 bridgehead atoms. The van der Waals surface area contributed by atoms with Crippen LogP contribution in [0, 0.1) is 0 Å². The van der Waals surface area contributed by atoms with Crippen molar-refractivity contribution >= 4 is 45.1 Å². The van der Waals surface area contributed by atoms with Crippen LogP contribution in [0.5, 0.6) is 0 Å². The first-order valence-corrected chi connectivity index (χ1v) is 8.89. The van der Waals surface area contributed by atoms with Crippen molar-refractivity contribution in [1.29, 1.82) is 0 Å². The maximum Gasteiger partial charge on any atom is 0.333 e. The van der Waals surface area contributed by atoms with Crippen LogP contribution in [0.2, 0.25) is 10.0 Å². The van der Waals surface area contributed by atoms with Crippen molar-refractivity contribution in [3.63, 3.8) is 0 Å². The molecular formula is C13H16Cl2N2O5S. The molecule has 1 aromatic carbocycles. The van der Waals surface area contributed by atoms with E-state index in [-0.39, 0.29) is 15.6 Å². The predicted molar refractivity (Wildman–Crippen MR) is 87.1 cm³/mol. The first kappa shape index (κ1) is 19.7. The zero-order chi connectivity index (χ0) is 18.0. The zero-order valence-corrected chi connectivity index (χ0v) is 15.0. The van der Waals surface area contributed by atoms with E-state index in [0.717, 1.165) is 10.6 Å². The maximum absolute atomic E-state index is 12.0. The maximum atomic E-state index is 12.0. The van der Waals surface area contributed by atoms with E-state index >= 15 is 0 Å². The lowest BCUT2D eigenvalue weighted by atomic mass is 9.92. The van der Waals surface area contributed by atoms with E-state index in [1.54, 1.807) is 0 Å². The van der Waals surface area contributed by atoms with E-state index in [4.69, 9.17) is 23.2 Å². The van der Waals surface area contributed by atoms with Crippen molar-refractivity contribution in [2.24, 2.45) is 0 Å². The number of halogens is 2. The van der Waals surface area contributed by atoms with Gasteiger partial charge in [0.1, 0.15) is 0 Å². The van der Waals surface area contributed by atoms with Gasteiger partial charge >= 0.3 is 5.97 Å². The molecule has 1 rings (SSSR count). The van der Waals surface area contributed by atoms with Gasteiger partial charge in [0.05, 0.1) is 22.8 Å². The molecule has 0 aromatic heterocycles. The number of aliphatic carboxylic acids is 1. The number of carboxylic acid groups (broad SMARTS) is 1. The number of carboxylic acids is 1. The molecule has 0 saturated heterocycles. The molecular weight excluding hydrogens is 367 g/mol. The Kier molecular flexibility index (Phi) is 6.03. The number of carbonyl (C=O) groups is 2. The first-order valence-electron chi connectivity index (χ1n) is 6.29. The Balaban J connectivity index is 3.09. The van der Waals surface area contributed by atoms with Gasteiger partial charge in [-0.25, -0.2) is 13.2 Å². The minimum atomic E-state index is -3.56. The number of rotatable bonds is 6. The quantitative estimate of drug-likeness (QED) is 0.771. The number of benzene rings is 1. The Hall–Kier alpha value is -1.35. The third kappa shape index (κ3) is 4.81. The highest BCUT2D eigenvalue weighted by Gasteiger charge is 2.37. The first-order chi connectivity index (χ1) is 10.4. The van der Waals surface area contributed by atoms with Crippen LogP contribution in [0.3, 0.4) is 0 Å². The summed E-state index contributed by atoms with van der Waals surface area (Å²) in [6, 6.07) is 4.16. The van der Waals surface area contributed by atoms with Crippen molar-refractivity contribution in [3.8, 4) is 0 Å². The zero-order valence-electron chi connectivity index (χ0n) is 12.6. The van der Waals surface area contributed by atoms with Gasteiger partial charge in [-0.3, -0.25) is 4.79 Å². The summed E-state index contributed by atoms with van der Waals surface area (Å²) in [5, 5.41) is 12.2. The molecule has 0 heterocycles. The Morgan fingerprint density at radius 1 is 1.30 bits per heavy atom. The van der Waals surface area contributed by atoms with Gasteiger partial charge in [0.2, 0.25) is 15.9 Å². The third-order valence-corrected chi connectivity index (χ3v) is 5.25. The molecule has 0 aliphatic rings. The van der Waals surface area contributed by atoms with Gasteiger partial charge in [0.25, 0.3) is 0 Å². The fraction of sp³-hybridized carbons (Fsp3) is 0.385. The normalized spacial score (nSPS) is 14.3. The minimum absolute atomic E-state index is 0.138. The monoisotopic (exact) mass is 382 g/mol. The van der Waals surface area contributed by atoms with Gasteiger partial charge < -0.3 is 10.4 Å². The van der Waals surface area contributed by atoms with E-state index in [0.29, 0.717) is 0 Å². The Labute approximate surface area is 144 Å². The second-order valence-corrected chi connectivity index (χ2v) is 8.03. The van der Waals surface area contributed by atoms with Crippen molar-refractivity contribution in [2.75, 3.05) is 19.8 Å². The summed E-state index contributed by atoms with van der Waals surface area (Å²) in [7, 11) is -2.35. The molecule has 1 aromatic rings. The predicted octanol–water partition coefficient (Wildman–Crippen LogP) is 1.30. The molecule has 1 amide bonds. The topological polar surface area (TPSA) is 104 Å². The van der Waals surface area contributed by atoms with Crippen LogP contribution in [0.15, 0.2) is 18.2 Å². The molecule has 23 heavy (non-hydrogen) atoms. The lowest BCUT2D eigenvalue weighted by Crippen LogP contribution is -2.52. The average molecular weight is 383 g/mol. The lowest BCUT2D eigenvalue weighted by Gasteiger charge is -2.28. The van der Waals surface area contributed by atoms with Crippen molar-refractivity contribution in [3.05, 3.63) is 33.8 Å². The summed E-state index contributed by atoms with van der Waals surface area (Å²) >= 11 is 11.7. The van der Waals surface area contributed by atoms with Crippen molar-refractivity contribution in [2.45, 2.75) is 12.5 Å². The number of hydrogen-bond acceptors (Lipinski definition) is 4. The Morgan fingerprint density at radius 3 is 2.30 bits per heavy atom. The van der Waals surface area contributed by atoms with Gasteiger partial charge in [-0.05, 0) is 24.6 Å². The standard InChI is InChI=1S/C13H16Cl2N2O5S/c1-13(12(19)20,8-4-5-9(14)10(15)6-8)16-11(18)7-17(2)23(3,21)22/h4-6H,7H2,1-3H3,(H,16,18)(H,19,20). The van der Waals surface area contributed by atoms with Crippen LogP contribution in [0.1, 0.15) is 12.5 Å². The molecule has 128 valence electrons. The summed E-state index contributed by atoms with van der Waals surface area (Å²) < 4.78 is 23.4. The number of sulfonamides is 1. The number of nitrogens with one attached hydrogen (secondary N) is 1. The van der Waals surface area contributed by atoms with Gasteiger partial charge in [0.15, 0.2) is 5.54 Å². The highest BCUT2D eigenvalue weighted by Crippen LogP contribution is 2.29. The van der Waals surface area contributed by atoms with E-state index in [9.17, 15) is 23.1 Å². The molecule has 1 unspecified atom stereocenters. The fourth-order valence-electron chi connectivity index (χ4n) is 1.69. The number of hydrogen-bond donors (Lipinski definition) is 2. The highest BCUT2D eigenvalue weighted by molar-refractivity contribution is 7.88. The smallest absolute Gasteiger partial charge is 0.333 e. The van der Waals surface area contributed by atoms with Crippen LogP contribution in [-0.2, 0) is 25.2 Å². The van der Waals surface area contributed by atoms with E-state index in [1.165, 1.54) is 32.2 Å². The number of carbonyl (C=O) groups excluding carboxylic acids is 1. The second-order valence-electron chi connectivity index (χ2n) is 5.13. The number of likely N-dealkylation sites (N-methyl/N-ethyl adjacent to an activating group) is 1.